The van der Waals surface area contributed by atoms with Crippen LogP contribution in [0.3, 0.4) is 0 Å². The third kappa shape index (κ3) is 4.46. The summed E-state index contributed by atoms with van der Waals surface area (Å²) in [5.41, 5.74) is 0. The third-order valence-corrected chi connectivity index (χ3v) is 5.22. The molecule has 2 heteroatoms. The largest absolute Gasteiger partial charge is 0.313 e. The maximum absolute atomic E-state index is 3.66. The highest BCUT2D eigenvalue weighted by molar-refractivity contribution is 4.87. The minimum Gasteiger partial charge on any atom is -0.313 e. The predicted octanol–water partition coefficient (Wildman–Crippen LogP) is 3.67. The van der Waals surface area contributed by atoms with E-state index in [-0.39, 0.29) is 0 Å². The van der Waals surface area contributed by atoms with Crippen molar-refractivity contribution in [2.24, 2.45) is 11.8 Å². The fourth-order valence-electron chi connectivity index (χ4n) is 4.08. The van der Waals surface area contributed by atoms with Gasteiger partial charge >= 0.3 is 0 Å². The van der Waals surface area contributed by atoms with Gasteiger partial charge in [-0.05, 0) is 37.6 Å². The highest BCUT2D eigenvalue weighted by Crippen LogP contribution is 2.36. The second-order valence-electron chi connectivity index (χ2n) is 7.09. The Bertz CT molecular complexity index is 252. The van der Waals surface area contributed by atoms with E-state index < -0.39 is 0 Å². The van der Waals surface area contributed by atoms with Crippen molar-refractivity contribution in [2.45, 2.75) is 77.8 Å². The van der Waals surface area contributed by atoms with E-state index in [1.165, 1.54) is 64.6 Å². The van der Waals surface area contributed by atoms with E-state index in [4.69, 9.17) is 0 Å². The fourth-order valence-corrected chi connectivity index (χ4v) is 4.08. The number of likely N-dealkylation sites (tertiary alicyclic amines) is 1. The molecule has 0 aromatic rings. The second kappa shape index (κ2) is 7.64. The lowest BCUT2D eigenvalue weighted by molar-refractivity contribution is 0.0528. The van der Waals surface area contributed by atoms with Gasteiger partial charge in [-0.2, -0.15) is 0 Å². The van der Waals surface area contributed by atoms with Crippen LogP contribution in [0.25, 0.3) is 0 Å². The van der Waals surface area contributed by atoms with Crippen molar-refractivity contribution in [3.05, 3.63) is 0 Å². The van der Waals surface area contributed by atoms with Gasteiger partial charge in [-0.15, -0.1) is 0 Å². The van der Waals surface area contributed by atoms with Crippen LogP contribution in [0.2, 0.25) is 0 Å². The average molecular weight is 266 g/mol. The van der Waals surface area contributed by atoms with Crippen LogP contribution < -0.4 is 5.32 Å². The molecule has 3 unspecified atom stereocenters. The number of rotatable bonds is 6. The summed E-state index contributed by atoms with van der Waals surface area (Å²) in [4.78, 5) is 2.81. The van der Waals surface area contributed by atoms with Crippen LogP contribution in [0, 0.1) is 11.8 Å². The third-order valence-electron chi connectivity index (χ3n) is 5.22. The molecule has 112 valence electrons. The SMILES string of the molecule is CCCC(CNC(C)C)N1CCC2CCCCC2C1. The van der Waals surface area contributed by atoms with Crippen LogP contribution >= 0.6 is 0 Å². The minimum atomic E-state index is 0.617. The molecule has 0 amide bonds. The standard InChI is InChI=1S/C17H34N2/c1-4-7-17(12-18-14(2)3)19-11-10-15-8-5-6-9-16(15)13-19/h14-18H,4-13H2,1-3H3. The van der Waals surface area contributed by atoms with Crippen LogP contribution in [0.15, 0.2) is 0 Å². The maximum Gasteiger partial charge on any atom is 0.0220 e. The molecule has 2 aliphatic rings. The summed E-state index contributed by atoms with van der Waals surface area (Å²) in [7, 11) is 0. The van der Waals surface area contributed by atoms with Crippen molar-refractivity contribution in [1.82, 2.24) is 10.2 Å². The molecule has 0 aromatic heterocycles. The Morgan fingerprint density at radius 2 is 1.84 bits per heavy atom. The highest BCUT2D eigenvalue weighted by Gasteiger charge is 2.33. The monoisotopic (exact) mass is 266 g/mol. The van der Waals surface area contributed by atoms with Crippen LogP contribution in [-0.4, -0.2) is 36.6 Å². The molecule has 1 aliphatic heterocycles. The van der Waals surface area contributed by atoms with E-state index >= 15 is 0 Å². The Balaban J connectivity index is 1.86. The number of piperidine rings is 1. The number of hydrogen-bond donors (Lipinski definition) is 1. The van der Waals surface area contributed by atoms with Crippen LogP contribution in [0.5, 0.6) is 0 Å². The topological polar surface area (TPSA) is 15.3 Å². The Labute approximate surface area is 120 Å². The Hall–Kier alpha value is -0.0800. The maximum atomic E-state index is 3.66. The lowest BCUT2D eigenvalue weighted by Crippen LogP contribution is -2.50. The summed E-state index contributed by atoms with van der Waals surface area (Å²) in [6, 6.07) is 1.39. The van der Waals surface area contributed by atoms with Crippen molar-refractivity contribution >= 4 is 0 Å². The van der Waals surface area contributed by atoms with Crippen molar-refractivity contribution < 1.29 is 0 Å². The molecule has 3 atom stereocenters. The molecule has 1 N–H and O–H groups in total. The zero-order valence-corrected chi connectivity index (χ0v) is 13.3. The lowest BCUT2D eigenvalue weighted by atomic mass is 9.75. The molecule has 19 heavy (non-hydrogen) atoms. The quantitative estimate of drug-likeness (QED) is 0.789. The number of nitrogens with zero attached hydrogens (tertiary/aromatic N) is 1. The second-order valence-corrected chi connectivity index (χ2v) is 7.09. The normalized spacial score (nSPS) is 30.3. The van der Waals surface area contributed by atoms with Crippen molar-refractivity contribution in [3.63, 3.8) is 0 Å². The number of hydrogen-bond acceptors (Lipinski definition) is 2. The Morgan fingerprint density at radius 3 is 2.53 bits per heavy atom. The summed E-state index contributed by atoms with van der Waals surface area (Å²) >= 11 is 0. The van der Waals surface area contributed by atoms with E-state index in [9.17, 15) is 0 Å². The first-order valence-corrected chi connectivity index (χ1v) is 8.68. The molecule has 0 bridgehead atoms. The predicted molar refractivity (Wildman–Crippen MR) is 83.5 cm³/mol. The van der Waals surface area contributed by atoms with Crippen molar-refractivity contribution in [1.29, 1.82) is 0 Å². The molecule has 0 spiro atoms. The van der Waals surface area contributed by atoms with Gasteiger partial charge in [-0.25, -0.2) is 0 Å². The van der Waals surface area contributed by atoms with Gasteiger partial charge in [-0.3, -0.25) is 4.90 Å². The van der Waals surface area contributed by atoms with Crippen LogP contribution in [0.4, 0.5) is 0 Å². The van der Waals surface area contributed by atoms with Crippen molar-refractivity contribution in [2.75, 3.05) is 19.6 Å². The summed E-state index contributed by atoms with van der Waals surface area (Å²) in [6.45, 7) is 10.8. The first-order chi connectivity index (χ1) is 9.20. The summed E-state index contributed by atoms with van der Waals surface area (Å²) in [6.07, 6.45) is 10.1. The van der Waals surface area contributed by atoms with E-state index in [0.717, 1.165) is 17.9 Å². The van der Waals surface area contributed by atoms with E-state index in [2.05, 4.69) is 31.0 Å². The van der Waals surface area contributed by atoms with Gasteiger partial charge in [0.25, 0.3) is 0 Å². The first kappa shape index (κ1) is 15.3. The molecular weight excluding hydrogens is 232 g/mol. The summed E-state index contributed by atoms with van der Waals surface area (Å²) in [5.74, 6) is 2.08. The highest BCUT2D eigenvalue weighted by atomic mass is 15.2. The van der Waals surface area contributed by atoms with Gasteiger partial charge in [0.05, 0.1) is 0 Å². The molecule has 1 saturated carbocycles. The molecule has 1 aliphatic carbocycles. The van der Waals surface area contributed by atoms with Gasteiger partial charge in [0.2, 0.25) is 0 Å². The summed E-state index contributed by atoms with van der Waals surface area (Å²) < 4.78 is 0. The summed E-state index contributed by atoms with van der Waals surface area (Å²) in [5, 5.41) is 3.66. The Kier molecular flexibility index (Phi) is 6.15. The Morgan fingerprint density at radius 1 is 1.11 bits per heavy atom. The fraction of sp³-hybridized carbons (Fsp3) is 1.00. The first-order valence-electron chi connectivity index (χ1n) is 8.68. The van der Waals surface area contributed by atoms with Gasteiger partial charge in [0.1, 0.15) is 0 Å². The van der Waals surface area contributed by atoms with E-state index in [0.29, 0.717) is 6.04 Å². The van der Waals surface area contributed by atoms with Gasteiger partial charge < -0.3 is 5.32 Å². The number of nitrogens with one attached hydrogen (secondary N) is 1. The van der Waals surface area contributed by atoms with E-state index in [1.807, 2.05) is 0 Å². The zero-order valence-electron chi connectivity index (χ0n) is 13.3. The van der Waals surface area contributed by atoms with Gasteiger partial charge in [0.15, 0.2) is 0 Å². The van der Waals surface area contributed by atoms with Gasteiger partial charge in [0, 0.05) is 25.2 Å². The molecule has 0 radical (unpaired) electrons. The molecule has 1 heterocycles. The molecule has 2 rings (SSSR count). The number of fused-ring (bicyclic) bond motifs is 1. The van der Waals surface area contributed by atoms with Crippen molar-refractivity contribution in [3.8, 4) is 0 Å². The van der Waals surface area contributed by atoms with Crippen LogP contribution in [-0.2, 0) is 0 Å². The zero-order chi connectivity index (χ0) is 13.7. The minimum absolute atomic E-state index is 0.617. The molecule has 0 aromatic carbocycles. The van der Waals surface area contributed by atoms with E-state index in [1.54, 1.807) is 0 Å². The lowest BCUT2D eigenvalue weighted by Gasteiger charge is -2.44. The molecular formula is C17H34N2. The van der Waals surface area contributed by atoms with Gasteiger partial charge in [-0.1, -0.05) is 46.5 Å². The molecule has 2 nitrogen and oxygen atoms in total. The van der Waals surface area contributed by atoms with Crippen LogP contribution in [0.1, 0.15) is 65.7 Å². The smallest absolute Gasteiger partial charge is 0.0220 e. The molecule has 2 fully saturated rings. The average Bonchev–Trinajstić information content (AvgIpc) is 2.42. The molecule has 1 saturated heterocycles.